The number of benzene rings is 2. The average molecular weight is 343 g/mol. The quantitative estimate of drug-likeness (QED) is 0.590. The summed E-state index contributed by atoms with van der Waals surface area (Å²) in [6.07, 6.45) is 0. The van der Waals surface area contributed by atoms with Crippen LogP contribution in [0.5, 0.6) is 5.75 Å². The molecule has 2 aromatic carbocycles. The zero-order valence-corrected chi connectivity index (χ0v) is 12.1. The smallest absolute Gasteiger partial charge is 0.261 e. The molecule has 0 saturated heterocycles. The van der Waals surface area contributed by atoms with Crippen molar-refractivity contribution in [1.82, 2.24) is 0 Å². The summed E-state index contributed by atoms with van der Waals surface area (Å²) in [5.74, 6) is -0.151. The molecule has 2 aromatic rings. The Kier molecular flexibility index (Phi) is 3.68. The Labute approximate surface area is 119 Å². The first-order valence-electron chi connectivity index (χ1n) is 5.25. The third-order valence-corrected chi connectivity index (χ3v) is 4.26. The minimum absolute atomic E-state index is 0.0112. The van der Waals surface area contributed by atoms with Crippen LogP contribution >= 0.6 is 15.9 Å². The molecule has 0 spiro atoms. The third-order valence-electron chi connectivity index (χ3n) is 2.39. The van der Waals surface area contributed by atoms with Crippen LogP contribution in [0.15, 0.2) is 51.8 Å². The molecule has 7 heteroatoms. The lowest BCUT2D eigenvalue weighted by Crippen LogP contribution is -2.13. The number of halogens is 1. The van der Waals surface area contributed by atoms with Crippen LogP contribution in [0.25, 0.3) is 0 Å². The van der Waals surface area contributed by atoms with Crippen LogP contribution in [0.1, 0.15) is 0 Å². The number of anilines is 2. The lowest BCUT2D eigenvalue weighted by atomic mass is 10.3. The Hall–Kier alpha value is -1.73. The highest BCUT2D eigenvalue weighted by molar-refractivity contribution is 9.10. The van der Waals surface area contributed by atoms with Crippen molar-refractivity contribution < 1.29 is 13.5 Å². The first-order valence-corrected chi connectivity index (χ1v) is 7.53. The molecule has 0 aliphatic rings. The standard InChI is InChI=1S/C12H11BrN2O3S/c13-8-2-1-3-9(6-8)15-19(17,18)10-4-5-12(16)11(14)7-10/h1-7,15-16H,14H2. The van der Waals surface area contributed by atoms with Crippen molar-refractivity contribution >= 4 is 37.3 Å². The van der Waals surface area contributed by atoms with Crippen molar-refractivity contribution in [1.29, 1.82) is 0 Å². The van der Waals surface area contributed by atoms with Gasteiger partial charge in [-0.25, -0.2) is 8.42 Å². The van der Waals surface area contributed by atoms with Crippen LogP contribution in [-0.2, 0) is 10.0 Å². The van der Waals surface area contributed by atoms with Crippen LogP contribution in [0.4, 0.5) is 11.4 Å². The number of hydrogen-bond donors (Lipinski definition) is 3. The van der Waals surface area contributed by atoms with Gasteiger partial charge in [-0.2, -0.15) is 0 Å². The largest absolute Gasteiger partial charge is 0.506 e. The highest BCUT2D eigenvalue weighted by atomic mass is 79.9. The number of nitrogens with two attached hydrogens (primary N) is 1. The summed E-state index contributed by atoms with van der Waals surface area (Å²) in [4.78, 5) is -0.0113. The van der Waals surface area contributed by atoms with Gasteiger partial charge in [0.2, 0.25) is 0 Å². The number of phenols is 1. The Balaban J connectivity index is 2.35. The van der Waals surface area contributed by atoms with Crippen LogP contribution in [0, 0.1) is 0 Å². The van der Waals surface area contributed by atoms with Gasteiger partial charge in [0.15, 0.2) is 0 Å². The fourth-order valence-electron chi connectivity index (χ4n) is 1.47. The van der Waals surface area contributed by atoms with Gasteiger partial charge in [0, 0.05) is 10.2 Å². The zero-order valence-electron chi connectivity index (χ0n) is 9.67. The van der Waals surface area contributed by atoms with E-state index in [1.165, 1.54) is 18.2 Å². The summed E-state index contributed by atoms with van der Waals surface area (Å²) in [6, 6.07) is 10.5. The molecule has 0 aromatic heterocycles. The summed E-state index contributed by atoms with van der Waals surface area (Å²) in [6.45, 7) is 0. The minimum Gasteiger partial charge on any atom is -0.506 e. The van der Waals surface area contributed by atoms with Gasteiger partial charge in [0.25, 0.3) is 10.0 Å². The summed E-state index contributed by atoms with van der Waals surface area (Å²) < 4.78 is 27.4. The van der Waals surface area contributed by atoms with Crippen LogP contribution in [-0.4, -0.2) is 13.5 Å². The lowest BCUT2D eigenvalue weighted by molar-refractivity contribution is 0.477. The molecular formula is C12H11BrN2O3S. The molecule has 4 N–H and O–H groups in total. The Morgan fingerprint density at radius 2 is 1.89 bits per heavy atom. The van der Waals surface area contributed by atoms with E-state index in [1.807, 2.05) is 0 Å². The maximum atomic E-state index is 12.1. The molecule has 0 heterocycles. The molecular weight excluding hydrogens is 332 g/mol. The number of aromatic hydroxyl groups is 1. The predicted octanol–water partition coefficient (Wildman–Crippen LogP) is 2.54. The van der Waals surface area contributed by atoms with Crippen molar-refractivity contribution in [2.24, 2.45) is 0 Å². The number of nitrogens with one attached hydrogen (secondary N) is 1. The average Bonchev–Trinajstić information content (AvgIpc) is 2.32. The second-order valence-electron chi connectivity index (χ2n) is 3.84. The molecule has 19 heavy (non-hydrogen) atoms. The van der Waals surface area contributed by atoms with E-state index < -0.39 is 10.0 Å². The molecule has 0 aliphatic heterocycles. The summed E-state index contributed by atoms with van der Waals surface area (Å²) in [7, 11) is -3.73. The van der Waals surface area contributed by atoms with Gasteiger partial charge in [0.05, 0.1) is 10.6 Å². The molecule has 100 valence electrons. The van der Waals surface area contributed by atoms with Crippen molar-refractivity contribution in [3.8, 4) is 5.75 Å². The van der Waals surface area contributed by atoms with E-state index in [9.17, 15) is 13.5 Å². The van der Waals surface area contributed by atoms with Crippen LogP contribution < -0.4 is 10.5 Å². The number of nitrogen functional groups attached to an aromatic ring is 1. The summed E-state index contributed by atoms with van der Waals surface area (Å²) in [5.41, 5.74) is 5.93. The van der Waals surface area contributed by atoms with Gasteiger partial charge in [-0.05, 0) is 36.4 Å². The lowest BCUT2D eigenvalue weighted by Gasteiger charge is -2.09. The van der Waals surface area contributed by atoms with Crippen molar-refractivity contribution in [2.45, 2.75) is 4.90 Å². The first kappa shape index (κ1) is 13.7. The fourth-order valence-corrected chi connectivity index (χ4v) is 2.95. The number of sulfonamides is 1. The molecule has 0 aliphatic carbocycles. The SMILES string of the molecule is Nc1cc(S(=O)(=O)Nc2cccc(Br)c2)ccc1O. The maximum absolute atomic E-state index is 12.1. The van der Waals surface area contributed by atoms with Gasteiger partial charge in [-0.3, -0.25) is 4.72 Å². The van der Waals surface area contributed by atoms with Gasteiger partial charge >= 0.3 is 0 Å². The van der Waals surface area contributed by atoms with E-state index in [-0.39, 0.29) is 16.3 Å². The normalized spacial score (nSPS) is 11.2. The van der Waals surface area contributed by atoms with Gasteiger partial charge in [-0.15, -0.1) is 0 Å². The van der Waals surface area contributed by atoms with Crippen molar-refractivity contribution in [3.05, 3.63) is 46.9 Å². The Morgan fingerprint density at radius 3 is 2.53 bits per heavy atom. The van der Waals surface area contributed by atoms with Crippen LogP contribution in [0.3, 0.4) is 0 Å². The summed E-state index contributed by atoms with van der Waals surface area (Å²) in [5, 5.41) is 9.29. The maximum Gasteiger partial charge on any atom is 0.261 e. The minimum atomic E-state index is -3.73. The zero-order chi connectivity index (χ0) is 14.0. The number of hydrogen-bond acceptors (Lipinski definition) is 4. The molecule has 0 unspecified atom stereocenters. The molecule has 0 saturated carbocycles. The predicted molar refractivity (Wildman–Crippen MR) is 77.5 cm³/mol. The Bertz CT molecular complexity index is 717. The van der Waals surface area contributed by atoms with Crippen molar-refractivity contribution in [2.75, 3.05) is 10.5 Å². The van der Waals surface area contributed by atoms with Gasteiger partial charge in [-0.1, -0.05) is 22.0 Å². The second-order valence-corrected chi connectivity index (χ2v) is 6.43. The fraction of sp³-hybridized carbons (Fsp3) is 0. The molecule has 5 nitrogen and oxygen atoms in total. The Morgan fingerprint density at radius 1 is 1.16 bits per heavy atom. The molecule has 0 bridgehead atoms. The molecule has 2 rings (SSSR count). The monoisotopic (exact) mass is 342 g/mol. The number of phenolic OH excluding ortho intramolecular Hbond substituents is 1. The summed E-state index contributed by atoms with van der Waals surface area (Å²) >= 11 is 3.26. The van der Waals surface area contributed by atoms with E-state index in [1.54, 1.807) is 24.3 Å². The topological polar surface area (TPSA) is 92.4 Å². The van der Waals surface area contributed by atoms with Gasteiger partial charge < -0.3 is 10.8 Å². The number of rotatable bonds is 3. The first-order chi connectivity index (χ1) is 8.88. The molecule has 0 fully saturated rings. The van der Waals surface area contributed by atoms with Crippen LogP contribution in [0.2, 0.25) is 0 Å². The van der Waals surface area contributed by atoms with Gasteiger partial charge in [0.1, 0.15) is 5.75 Å². The van der Waals surface area contributed by atoms with E-state index in [4.69, 9.17) is 5.73 Å². The second kappa shape index (κ2) is 5.10. The van der Waals surface area contributed by atoms with E-state index in [2.05, 4.69) is 20.7 Å². The van der Waals surface area contributed by atoms with E-state index >= 15 is 0 Å². The highest BCUT2D eigenvalue weighted by Crippen LogP contribution is 2.25. The molecule has 0 amide bonds. The third kappa shape index (κ3) is 3.18. The van der Waals surface area contributed by atoms with E-state index in [0.717, 1.165) is 4.47 Å². The van der Waals surface area contributed by atoms with E-state index in [0.29, 0.717) is 5.69 Å². The highest BCUT2D eigenvalue weighted by Gasteiger charge is 2.15. The molecule has 0 atom stereocenters. The molecule has 0 radical (unpaired) electrons. The van der Waals surface area contributed by atoms with Crippen molar-refractivity contribution in [3.63, 3.8) is 0 Å².